The second-order valence-electron chi connectivity index (χ2n) is 7.90. The van der Waals surface area contributed by atoms with Crippen LogP contribution in [0.25, 0.3) is 11.3 Å². The van der Waals surface area contributed by atoms with E-state index in [1.165, 1.54) is 19.4 Å². The van der Waals surface area contributed by atoms with Gasteiger partial charge in [0.1, 0.15) is 0 Å². The first-order valence-corrected chi connectivity index (χ1v) is 11.1. The molecule has 0 unspecified atom stereocenters. The highest BCUT2D eigenvalue weighted by Crippen LogP contribution is 2.49. The number of hydrogen-bond acceptors (Lipinski definition) is 4. The minimum atomic E-state index is -2.89. The van der Waals surface area contributed by atoms with Crippen LogP contribution >= 0.6 is 11.8 Å². The molecule has 160 valence electrons. The zero-order valence-electron chi connectivity index (χ0n) is 17.4. The van der Waals surface area contributed by atoms with Gasteiger partial charge in [-0.25, -0.2) is 8.78 Å². The van der Waals surface area contributed by atoms with Crippen LogP contribution in [0.2, 0.25) is 0 Å². The van der Waals surface area contributed by atoms with Crippen molar-refractivity contribution in [2.45, 2.75) is 41.8 Å². The Hall–Kier alpha value is -2.73. The molecule has 1 saturated carbocycles. The predicted molar refractivity (Wildman–Crippen MR) is 118 cm³/mol. The van der Waals surface area contributed by atoms with Crippen LogP contribution in [-0.4, -0.2) is 18.1 Å². The van der Waals surface area contributed by atoms with Gasteiger partial charge in [-0.15, -0.1) is 11.8 Å². The molecule has 1 aliphatic carbocycles. The standard InChI is InChI=1S/C25H23F2NO2S/c1-24(26,27)20-9-12-22(28-15-20)18-5-3-17(4-6-18)16-31-21-10-7-19(8-11-21)25(13-14-25)23(29)30-2/h3-12,15H,13-14,16H2,1-2H3. The molecule has 6 heteroatoms. The highest BCUT2D eigenvalue weighted by molar-refractivity contribution is 7.98. The number of pyridine rings is 1. The number of esters is 1. The molecule has 4 rings (SSSR count). The Morgan fingerprint density at radius 1 is 1.06 bits per heavy atom. The van der Waals surface area contributed by atoms with Gasteiger partial charge in [-0.2, -0.15) is 0 Å². The minimum absolute atomic E-state index is 0.0884. The average Bonchev–Trinajstić information content (AvgIpc) is 3.59. The SMILES string of the molecule is COC(=O)C1(c2ccc(SCc3ccc(-c4ccc(C(C)(F)F)cn4)cc3)cc2)CC1. The first kappa shape index (κ1) is 21.5. The molecule has 31 heavy (non-hydrogen) atoms. The molecule has 1 aromatic heterocycles. The summed E-state index contributed by atoms with van der Waals surface area (Å²) in [5.74, 6) is -2.24. The molecule has 0 bridgehead atoms. The second-order valence-corrected chi connectivity index (χ2v) is 8.95. The Morgan fingerprint density at radius 2 is 1.74 bits per heavy atom. The molecule has 0 aliphatic heterocycles. The van der Waals surface area contributed by atoms with E-state index < -0.39 is 11.3 Å². The maximum Gasteiger partial charge on any atom is 0.316 e. The second kappa shape index (κ2) is 8.42. The molecular formula is C25H23F2NO2S. The third kappa shape index (κ3) is 4.64. The topological polar surface area (TPSA) is 39.2 Å². The van der Waals surface area contributed by atoms with E-state index in [1.54, 1.807) is 17.8 Å². The summed E-state index contributed by atoms with van der Waals surface area (Å²) in [6.45, 7) is 0.868. The molecule has 2 aromatic carbocycles. The third-order valence-electron chi connectivity index (χ3n) is 5.66. The maximum atomic E-state index is 13.3. The lowest BCUT2D eigenvalue weighted by Crippen LogP contribution is -2.21. The first-order chi connectivity index (χ1) is 14.8. The third-order valence-corrected chi connectivity index (χ3v) is 6.74. The number of halogens is 2. The number of thioether (sulfide) groups is 1. The Morgan fingerprint density at radius 3 is 2.26 bits per heavy atom. The molecular weight excluding hydrogens is 416 g/mol. The molecule has 1 fully saturated rings. The molecule has 0 amide bonds. The van der Waals surface area contributed by atoms with E-state index in [9.17, 15) is 13.6 Å². The van der Waals surface area contributed by atoms with Crippen molar-refractivity contribution in [1.29, 1.82) is 0 Å². The number of alkyl halides is 2. The van der Waals surface area contributed by atoms with Crippen LogP contribution in [0, 0.1) is 0 Å². The monoisotopic (exact) mass is 439 g/mol. The summed E-state index contributed by atoms with van der Waals surface area (Å²) in [7, 11) is 1.44. The quantitative estimate of drug-likeness (QED) is 0.317. The molecule has 0 saturated heterocycles. The van der Waals surface area contributed by atoms with Crippen LogP contribution in [0.1, 0.15) is 36.5 Å². The van der Waals surface area contributed by atoms with E-state index in [0.29, 0.717) is 5.69 Å². The molecule has 3 aromatic rings. The summed E-state index contributed by atoms with van der Waals surface area (Å²) < 4.78 is 31.6. The zero-order valence-corrected chi connectivity index (χ0v) is 18.2. The molecule has 3 nitrogen and oxygen atoms in total. The van der Waals surface area contributed by atoms with Crippen molar-refractivity contribution in [2.75, 3.05) is 7.11 Å². The largest absolute Gasteiger partial charge is 0.468 e. The number of hydrogen-bond donors (Lipinski definition) is 0. The number of benzene rings is 2. The highest BCUT2D eigenvalue weighted by Gasteiger charge is 2.52. The minimum Gasteiger partial charge on any atom is -0.468 e. The van der Waals surface area contributed by atoms with Crippen molar-refractivity contribution in [3.63, 3.8) is 0 Å². The lowest BCUT2D eigenvalue weighted by molar-refractivity contribution is -0.143. The van der Waals surface area contributed by atoms with Crippen LogP contribution in [0.3, 0.4) is 0 Å². The molecule has 0 N–H and O–H groups in total. The Labute approximate surface area is 184 Å². The molecule has 1 aliphatic rings. The smallest absolute Gasteiger partial charge is 0.316 e. The lowest BCUT2D eigenvalue weighted by Gasteiger charge is -2.13. The van der Waals surface area contributed by atoms with E-state index in [4.69, 9.17) is 4.74 Å². The fourth-order valence-corrected chi connectivity index (χ4v) is 4.42. The van der Waals surface area contributed by atoms with Crippen LogP contribution in [-0.2, 0) is 26.6 Å². The van der Waals surface area contributed by atoms with Crippen LogP contribution in [0.15, 0.2) is 71.8 Å². The Balaban J connectivity index is 1.37. The fourth-order valence-electron chi connectivity index (χ4n) is 3.56. The van der Waals surface area contributed by atoms with Crippen LogP contribution in [0.5, 0.6) is 0 Å². The van der Waals surface area contributed by atoms with E-state index in [1.807, 2.05) is 48.5 Å². The van der Waals surface area contributed by atoms with Gasteiger partial charge in [0.05, 0.1) is 18.2 Å². The summed E-state index contributed by atoms with van der Waals surface area (Å²) in [6, 6.07) is 19.1. The number of carbonyl (C=O) groups excluding carboxylic acids is 1. The van der Waals surface area contributed by atoms with E-state index >= 15 is 0 Å². The van der Waals surface area contributed by atoms with Crippen LogP contribution < -0.4 is 0 Å². The van der Waals surface area contributed by atoms with Gasteiger partial charge in [0, 0.05) is 34.9 Å². The van der Waals surface area contributed by atoms with Gasteiger partial charge in [0.25, 0.3) is 5.92 Å². The highest BCUT2D eigenvalue weighted by atomic mass is 32.2. The summed E-state index contributed by atoms with van der Waals surface area (Å²) in [6.07, 6.45) is 2.92. The van der Waals surface area contributed by atoms with E-state index in [2.05, 4.69) is 4.98 Å². The summed E-state index contributed by atoms with van der Waals surface area (Å²) >= 11 is 1.72. The fraction of sp³-hybridized carbons (Fsp3) is 0.280. The van der Waals surface area contributed by atoms with Gasteiger partial charge in [0.15, 0.2) is 0 Å². The van der Waals surface area contributed by atoms with Gasteiger partial charge in [-0.3, -0.25) is 9.78 Å². The van der Waals surface area contributed by atoms with Crippen molar-refractivity contribution in [3.8, 4) is 11.3 Å². The Kier molecular flexibility index (Phi) is 5.84. The van der Waals surface area contributed by atoms with Crippen molar-refractivity contribution in [1.82, 2.24) is 4.98 Å². The molecule has 0 spiro atoms. The van der Waals surface area contributed by atoms with Gasteiger partial charge >= 0.3 is 5.97 Å². The number of rotatable bonds is 7. The van der Waals surface area contributed by atoms with E-state index in [-0.39, 0.29) is 11.5 Å². The Bertz CT molecular complexity index is 1050. The molecule has 0 atom stereocenters. The number of aromatic nitrogens is 1. The summed E-state index contributed by atoms with van der Waals surface area (Å²) in [5, 5.41) is 0. The summed E-state index contributed by atoms with van der Waals surface area (Å²) in [4.78, 5) is 17.3. The first-order valence-electron chi connectivity index (χ1n) is 10.1. The molecule has 0 radical (unpaired) electrons. The average molecular weight is 440 g/mol. The predicted octanol–water partition coefficient (Wildman–Crippen LogP) is 6.36. The number of methoxy groups -OCH3 is 1. The van der Waals surface area contributed by atoms with Gasteiger partial charge in [-0.1, -0.05) is 36.4 Å². The lowest BCUT2D eigenvalue weighted by atomic mass is 9.96. The molecule has 1 heterocycles. The van der Waals surface area contributed by atoms with Gasteiger partial charge in [-0.05, 0) is 48.2 Å². The van der Waals surface area contributed by atoms with Crippen molar-refractivity contribution >= 4 is 17.7 Å². The number of carbonyl (C=O) groups is 1. The zero-order chi connectivity index (χ0) is 22.1. The maximum absolute atomic E-state index is 13.3. The van der Waals surface area contributed by atoms with Gasteiger partial charge in [0.2, 0.25) is 0 Å². The van der Waals surface area contributed by atoms with Crippen molar-refractivity contribution in [2.24, 2.45) is 0 Å². The van der Waals surface area contributed by atoms with E-state index in [0.717, 1.165) is 47.1 Å². The van der Waals surface area contributed by atoms with Crippen molar-refractivity contribution in [3.05, 3.63) is 83.6 Å². The van der Waals surface area contributed by atoms with Gasteiger partial charge < -0.3 is 4.74 Å². The number of ether oxygens (including phenoxy) is 1. The van der Waals surface area contributed by atoms with Crippen molar-refractivity contribution < 1.29 is 18.3 Å². The number of nitrogens with zero attached hydrogens (tertiary/aromatic N) is 1. The summed E-state index contributed by atoms with van der Waals surface area (Å²) in [5.41, 5.74) is 3.21. The normalized spacial score (nSPS) is 14.8. The van der Waals surface area contributed by atoms with Crippen LogP contribution in [0.4, 0.5) is 8.78 Å².